The Morgan fingerprint density at radius 1 is 1.16 bits per heavy atom. The number of halogens is 1. The number of fused-ring (bicyclic) bond motifs is 2. The van der Waals surface area contributed by atoms with E-state index in [9.17, 15) is 13.2 Å². The molecule has 2 aromatic rings. The van der Waals surface area contributed by atoms with Crippen molar-refractivity contribution in [2.24, 2.45) is 11.8 Å². The fourth-order valence-corrected chi connectivity index (χ4v) is 6.43. The van der Waals surface area contributed by atoms with Crippen LogP contribution in [0.25, 0.3) is 0 Å². The molecule has 2 aliphatic rings. The van der Waals surface area contributed by atoms with E-state index in [1.165, 1.54) is 19.6 Å². The Bertz CT molecular complexity index is 1070. The zero-order valence-corrected chi connectivity index (χ0v) is 19.2. The van der Waals surface area contributed by atoms with E-state index < -0.39 is 10.0 Å². The van der Waals surface area contributed by atoms with E-state index in [4.69, 9.17) is 16.3 Å². The number of benzene rings is 2. The molecule has 0 radical (unpaired) electrons. The molecule has 0 unspecified atom stereocenters. The van der Waals surface area contributed by atoms with Gasteiger partial charge in [-0.25, -0.2) is 8.42 Å². The van der Waals surface area contributed by atoms with Gasteiger partial charge in [-0.05, 0) is 68.4 Å². The van der Waals surface area contributed by atoms with Crippen LogP contribution in [-0.4, -0.2) is 34.0 Å². The summed E-state index contributed by atoms with van der Waals surface area (Å²) in [5.41, 5.74) is 1.27. The lowest BCUT2D eigenvalue weighted by Crippen LogP contribution is -2.46. The van der Waals surface area contributed by atoms with Crippen molar-refractivity contribution in [3.63, 3.8) is 0 Å². The number of nitrogens with zero attached hydrogens (tertiary/aromatic N) is 1. The summed E-state index contributed by atoms with van der Waals surface area (Å²) >= 11 is 6.26. The highest BCUT2D eigenvalue weighted by Crippen LogP contribution is 2.44. The maximum Gasteiger partial charge on any atom is 0.264 e. The van der Waals surface area contributed by atoms with E-state index in [0.717, 1.165) is 29.1 Å². The molecule has 6 nitrogen and oxygen atoms in total. The van der Waals surface area contributed by atoms with Gasteiger partial charge in [-0.2, -0.15) is 0 Å². The van der Waals surface area contributed by atoms with Gasteiger partial charge in [0.1, 0.15) is 12.3 Å². The Kier molecular flexibility index (Phi) is 6.17. The van der Waals surface area contributed by atoms with Gasteiger partial charge < -0.3 is 10.1 Å². The number of methoxy groups -OCH3 is 1. The number of aryl methyl sites for hydroxylation is 1. The molecule has 0 aliphatic heterocycles. The minimum absolute atomic E-state index is 0.123. The molecule has 2 bridgehead atoms. The average Bonchev–Trinajstić information content (AvgIpc) is 3.35. The van der Waals surface area contributed by atoms with Crippen LogP contribution in [-0.2, 0) is 14.8 Å². The Morgan fingerprint density at radius 2 is 1.90 bits per heavy atom. The van der Waals surface area contributed by atoms with Gasteiger partial charge in [-0.1, -0.05) is 35.7 Å². The molecule has 3 atom stereocenters. The molecule has 1 N–H and O–H groups in total. The number of amides is 1. The number of hydrogen-bond donors (Lipinski definition) is 1. The maximum atomic E-state index is 13.5. The van der Waals surface area contributed by atoms with Gasteiger partial charge in [0.15, 0.2) is 0 Å². The lowest BCUT2D eigenvalue weighted by Gasteiger charge is -2.27. The van der Waals surface area contributed by atoms with Gasteiger partial charge >= 0.3 is 0 Å². The van der Waals surface area contributed by atoms with Crippen molar-refractivity contribution < 1.29 is 17.9 Å². The predicted octanol–water partition coefficient (Wildman–Crippen LogP) is 4.16. The fourth-order valence-electron chi connectivity index (χ4n) is 4.77. The van der Waals surface area contributed by atoms with Gasteiger partial charge in [0, 0.05) is 6.04 Å². The molecule has 166 valence electrons. The number of carbonyl (C=O) groups is 1. The van der Waals surface area contributed by atoms with Crippen LogP contribution in [0, 0.1) is 18.8 Å². The Morgan fingerprint density at radius 3 is 2.48 bits per heavy atom. The van der Waals surface area contributed by atoms with Crippen LogP contribution in [0.2, 0.25) is 5.02 Å². The summed E-state index contributed by atoms with van der Waals surface area (Å²) in [4.78, 5) is 13.0. The van der Waals surface area contributed by atoms with E-state index >= 15 is 0 Å². The molecule has 4 rings (SSSR count). The van der Waals surface area contributed by atoms with Crippen LogP contribution in [0.3, 0.4) is 0 Å². The quantitative estimate of drug-likeness (QED) is 0.670. The molecule has 0 spiro atoms. The normalized spacial score (nSPS) is 22.4. The van der Waals surface area contributed by atoms with Crippen LogP contribution in [0.15, 0.2) is 47.4 Å². The second-order valence-electron chi connectivity index (χ2n) is 8.49. The molecule has 2 saturated carbocycles. The fraction of sp³-hybridized carbons (Fsp3) is 0.435. The molecule has 0 saturated heterocycles. The molecule has 0 heterocycles. The Balaban J connectivity index is 1.62. The summed E-state index contributed by atoms with van der Waals surface area (Å²) in [6.45, 7) is 1.58. The molecule has 0 aromatic heterocycles. The van der Waals surface area contributed by atoms with Gasteiger partial charge in [0.25, 0.3) is 10.0 Å². The van der Waals surface area contributed by atoms with Crippen LogP contribution in [0.4, 0.5) is 5.69 Å². The number of hydrogen-bond acceptors (Lipinski definition) is 4. The zero-order valence-electron chi connectivity index (χ0n) is 17.7. The topological polar surface area (TPSA) is 75.7 Å². The van der Waals surface area contributed by atoms with E-state index in [1.54, 1.807) is 36.4 Å². The maximum absolute atomic E-state index is 13.5. The first-order valence-electron chi connectivity index (χ1n) is 10.5. The standard InChI is InChI=1S/C23H27ClN2O4S/c1-15-3-8-19(9-4-15)31(28,29)26(18-7-10-22(30-2)20(24)13-18)14-23(27)25-21-12-16-5-6-17(21)11-16/h3-4,7-10,13,16-17,21H,5-6,11-12,14H2,1-2H3,(H,25,27)/t16-,17-,21-/m0/s1. The number of anilines is 1. The van der Waals surface area contributed by atoms with Crippen molar-refractivity contribution in [2.45, 2.75) is 43.5 Å². The molecule has 31 heavy (non-hydrogen) atoms. The van der Waals surface area contributed by atoms with Crippen LogP contribution >= 0.6 is 11.6 Å². The Hall–Kier alpha value is -2.25. The first-order chi connectivity index (χ1) is 14.8. The highest BCUT2D eigenvalue weighted by molar-refractivity contribution is 7.92. The monoisotopic (exact) mass is 462 g/mol. The molecule has 2 aromatic carbocycles. The van der Waals surface area contributed by atoms with E-state index in [-0.39, 0.29) is 28.4 Å². The lowest BCUT2D eigenvalue weighted by atomic mass is 9.95. The Labute approximate surface area is 188 Å². The number of nitrogens with one attached hydrogen (secondary N) is 1. The number of ether oxygens (including phenoxy) is 1. The van der Waals surface area contributed by atoms with Gasteiger partial charge in [0.2, 0.25) is 5.91 Å². The van der Waals surface area contributed by atoms with Crippen molar-refractivity contribution in [1.29, 1.82) is 0 Å². The van der Waals surface area contributed by atoms with Crippen LogP contribution in [0.1, 0.15) is 31.2 Å². The van der Waals surface area contributed by atoms with Gasteiger partial charge in [-0.15, -0.1) is 0 Å². The third-order valence-electron chi connectivity index (χ3n) is 6.40. The highest BCUT2D eigenvalue weighted by atomic mass is 35.5. The largest absolute Gasteiger partial charge is 0.495 e. The average molecular weight is 463 g/mol. The van der Waals surface area contributed by atoms with Crippen LogP contribution < -0.4 is 14.4 Å². The summed E-state index contributed by atoms with van der Waals surface area (Å²) in [7, 11) is -2.48. The predicted molar refractivity (Wildman–Crippen MR) is 121 cm³/mol. The summed E-state index contributed by atoms with van der Waals surface area (Å²) in [5.74, 6) is 1.32. The third kappa shape index (κ3) is 4.53. The molecular weight excluding hydrogens is 436 g/mol. The summed E-state index contributed by atoms with van der Waals surface area (Å²) < 4.78 is 33.3. The highest BCUT2D eigenvalue weighted by Gasteiger charge is 2.40. The molecular formula is C23H27ClN2O4S. The van der Waals surface area contributed by atoms with Crippen molar-refractivity contribution in [3.05, 3.63) is 53.1 Å². The second-order valence-corrected chi connectivity index (χ2v) is 10.8. The summed E-state index contributed by atoms with van der Waals surface area (Å²) in [6, 6.07) is 11.4. The minimum Gasteiger partial charge on any atom is -0.495 e. The van der Waals surface area contributed by atoms with E-state index in [1.807, 2.05) is 6.92 Å². The van der Waals surface area contributed by atoms with Gasteiger partial charge in [-0.3, -0.25) is 9.10 Å². The summed E-state index contributed by atoms with van der Waals surface area (Å²) in [6.07, 6.45) is 4.50. The molecule has 2 aliphatic carbocycles. The van der Waals surface area contributed by atoms with Crippen molar-refractivity contribution >= 4 is 33.2 Å². The number of carbonyl (C=O) groups excluding carboxylic acids is 1. The minimum atomic E-state index is -3.97. The van der Waals surface area contributed by atoms with Gasteiger partial charge in [0.05, 0.1) is 22.7 Å². The first-order valence-corrected chi connectivity index (χ1v) is 12.3. The van der Waals surface area contributed by atoms with Crippen molar-refractivity contribution in [3.8, 4) is 5.75 Å². The van der Waals surface area contributed by atoms with Crippen LogP contribution in [0.5, 0.6) is 5.75 Å². The molecule has 8 heteroatoms. The first kappa shape index (κ1) is 22.0. The number of sulfonamides is 1. The van der Waals surface area contributed by atoms with E-state index in [0.29, 0.717) is 23.3 Å². The molecule has 2 fully saturated rings. The molecule has 1 amide bonds. The third-order valence-corrected chi connectivity index (χ3v) is 8.49. The SMILES string of the molecule is COc1ccc(N(CC(=O)N[C@H]2C[C@H]3CC[C@H]2C3)S(=O)(=O)c2ccc(C)cc2)cc1Cl. The van der Waals surface area contributed by atoms with Crippen molar-refractivity contribution in [2.75, 3.05) is 18.0 Å². The van der Waals surface area contributed by atoms with E-state index in [2.05, 4.69) is 5.32 Å². The lowest BCUT2D eigenvalue weighted by molar-refractivity contribution is -0.120. The van der Waals surface area contributed by atoms with Crippen molar-refractivity contribution in [1.82, 2.24) is 5.32 Å². The second kappa shape index (κ2) is 8.71. The zero-order chi connectivity index (χ0) is 22.2. The summed E-state index contributed by atoms with van der Waals surface area (Å²) in [5, 5.41) is 3.35. The number of rotatable bonds is 7. The smallest absolute Gasteiger partial charge is 0.264 e.